The summed E-state index contributed by atoms with van der Waals surface area (Å²) in [5, 5.41) is 19.5. The monoisotopic (exact) mass is 494 g/mol. The minimum absolute atomic E-state index is 0.569. The Bertz CT molecular complexity index is 1470. The molecule has 9 heteroatoms. The van der Waals surface area contributed by atoms with Crippen molar-refractivity contribution >= 4 is 17.2 Å². The van der Waals surface area contributed by atoms with E-state index in [0.717, 1.165) is 60.5 Å². The van der Waals surface area contributed by atoms with Gasteiger partial charge in [-0.1, -0.05) is 36.4 Å². The van der Waals surface area contributed by atoms with E-state index in [0.29, 0.717) is 12.4 Å². The van der Waals surface area contributed by atoms with Crippen LogP contribution in [0.1, 0.15) is 23.7 Å². The summed E-state index contributed by atoms with van der Waals surface area (Å²) in [5.74, 6) is 0.708. The summed E-state index contributed by atoms with van der Waals surface area (Å²) in [6, 6.07) is 14.5. The molecule has 0 aliphatic carbocycles. The van der Waals surface area contributed by atoms with Gasteiger partial charge in [0.25, 0.3) is 0 Å². The molecule has 1 saturated heterocycles. The van der Waals surface area contributed by atoms with Crippen molar-refractivity contribution in [2.75, 3.05) is 36.0 Å². The molecule has 1 aromatic carbocycles. The molecule has 0 amide bonds. The van der Waals surface area contributed by atoms with Crippen molar-refractivity contribution in [2.24, 2.45) is 7.05 Å². The molecule has 0 bridgehead atoms. The fourth-order valence-electron chi connectivity index (χ4n) is 4.88. The lowest BCUT2D eigenvalue weighted by Gasteiger charge is -2.35. The van der Waals surface area contributed by atoms with Gasteiger partial charge in [-0.2, -0.15) is 10.2 Å². The van der Waals surface area contributed by atoms with Crippen LogP contribution in [0.3, 0.4) is 0 Å². The second kappa shape index (κ2) is 10.0. The van der Waals surface area contributed by atoms with E-state index in [4.69, 9.17) is 0 Å². The zero-order valence-corrected chi connectivity index (χ0v) is 20.9. The van der Waals surface area contributed by atoms with E-state index in [-0.39, 0.29) is 0 Å². The number of fused-ring (bicyclic) bond motifs is 1. The number of pyridine rings is 1. The predicted octanol–water partition coefficient (Wildman–Crippen LogP) is 3.52. The number of aryl methyl sites for hydroxylation is 2. The lowest BCUT2D eigenvalue weighted by atomic mass is 10.0. The van der Waals surface area contributed by atoms with E-state index < -0.39 is 6.10 Å². The molecular weight excluding hydrogens is 464 g/mol. The Labute approximate surface area is 215 Å². The van der Waals surface area contributed by atoms with Gasteiger partial charge in [-0.15, -0.1) is 0 Å². The van der Waals surface area contributed by atoms with Gasteiger partial charge in [0.2, 0.25) is 5.95 Å². The fraction of sp³-hybridized carbons (Fsp3) is 0.286. The van der Waals surface area contributed by atoms with Gasteiger partial charge in [-0.05, 0) is 24.5 Å². The number of benzene rings is 1. The maximum atomic E-state index is 10.6. The second-order valence-corrected chi connectivity index (χ2v) is 9.51. The van der Waals surface area contributed by atoms with Crippen LogP contribution < -0.4 is 9.80 Å². The highest BCUT2D eigenvalue weighted by Gasteiger charge is 2.22. The highest BCUT2D eigenvalue weighted by atomic mass is 16.3. The SMILES string of the molecule is Cn1cc(-c2ccc3c(N4CCN(c5ncc(C(O)CCc6ccccc6)cn5)CC4)cnn3c2)cn1. The Morgan fingerprint density at radius 3 is 2.30 bits per heavy atom. The molecule has 1 aliphatic heterocycles. The molecule has 5 heterocycles. The molecule has 0 spiro atoms. The van der Waals surface area contributed by atoms with Crippen LogP contribution in [-0.2, 0) is 13.5 Å². The van der Waals surface area contributed by atoms with E-state index in [1.165, 1.54) is 5.56 Å². The molecule has 37 heavy (non-hydrogen) atoms. The van der Waals surface area contributed by atoms with Crippen molar-refractivity contribution in [1.29, 1.82) is 0 Å². The van der Waals surface area contributed by atoms with Crippen LogP contribution in [0.25, 0.3) is 16.6 Å². The van der Waals surface area contributed by atoms with Gasteiger partial charge in [0.05, 0.1) is 29.7 Å². The Hall–Kier alpha value is -4.24. The lowest BCUT2D eigenvalue weighted by molar-refractivity contribution is 0.167. The first kappa shape index (κ1) is 23.2. The summed E-state index contributed by atoms with van der Waals surface area (Å²) in [5.41, 5.74) is 6.37. The number of aliphatic hydroxyl groups excluding tert-OH is 1. The number of hydrogen-bond acceptors (Lipinski definition) is 7. The van der Waals surface area contributed by atoms with Gasteiger partial charge in [-0.25, -0.2) is 14.5 Å². The third kappa shape index (κ3) is 4.90. The van der Waals surface area contributed by atoms with Crippen molar-refractivity contribution in [3.8, 4) is 11.1 Å². The third-order valence-electron chi connectivity index (χ3n) is 7.03. The van der Waals surface area contributed by atoms with E-state index in [1.54, 1.807) is 17.1 Å². The summed E-state index contributed by atoms with van der Waals surface area (Å²) >= 11 is 0. The number of aliphatic hydroxyl groups is 1. The standard InChI is InChI=1S/C28H30N8O/c1-33-19-24(17-31-33)22-8-9-25-26(18-32-36(25)20-22)34-11-13-35(14-12-34)28-29-15-23(16-30-28)27(37)10-7-21-5-3-2-4-6-21/h2-6,8-9,15-20,27,37H,7,10-14H2,1H3. The smallest absolute Gasteiger partial charge is 0.225 e. The minimum atomic E-state index is -0.569. The largest absolute Gasteiger partial charge is 0.388 e. The minimum Gasteiger partial charge on any atom is -0.388 e. The number of nitrogens with zero attached hydrogens (tertiary/aromatic N) is 8. The normalized spacial score (nSPS) is 14.9. The Balaban J connectivity index is 1.07. The zero-order valence-electron chi connectivity index (χ0n) is 20.9. The second-order valence-electron chi connectivity index (χ2n) is 9.51. The first-order valence-corrected chi connectivity index (χ1v) is 12.6. The molecule has 4 aromatic heterocycles. The lowest BCUT2D eigenvalue weighted by Crippen LogP contribution is -2.47. The van der Waals surface area contributed by atoms with Crippen LogP contribution in [0.2, 0.25) is 0 Å². The molecule has 6 rings (SSSR count). The molecule has 1 fully saturated rings. The number of rotatable bonds is 7. The molecule has 0 saturated carbocycles. The Morgan fingerprint density at radius 1 is 0.811 bits per heavy atom. The molecule has 1 unspecified atom stereocenters. The topological polar surface area (TPSA) is 87.6 Å². The Kier molecular flexibility index (Phi) is 6.28. The Morgan fingerprint density at radius 2 is 1.57 bits per heavy atom. The average molecular weight is 495 g/mol. The molecule has 1 aliphatic rings. The van der Waals surface area contributed by atoms with Crippen LogP contribution in [0.15, 0.2) is 79.6 Å². The maximum Gasteiger partial charge on any atom is 0.225 e. The van der Waals surface area contributed by atoms with Crippen molar-refractivity contribution < 1.29 is 5.11 Å². The van der Waals surface area contributed by atoms with E-state index >= 15 is 0 Å². The van der Waals surface area contributed by atoms with Gasteiger partial charge in [0.1, 0.15) is 0 Å². The van der Waals surface area contributed by atoms with Crippen LogP contribution in [0.4, 0.5) is 11.6 Å². The van der Waals surface area contributed by atoms with Crippen LogP contribution >= 0.6 is 0 Å². The number of anilines is 2. The molecule has 1 N–H and O–H groups in total. The molecule has 9 nitrogen and oxygen atoms in total. The summed E-state index contributed by atoms with van der Waals surface area (Å²) < 4.78 is 3.74. The van der Waals surface area contributed by atoms with Gasteiger partial charge >= 0.3 is 0 Å². The van der Waals surface area contributed by atoms with E-state index in [9.17, 15) is 5.11 Å². The van der Waals surface area contributed by atoms with E-state index in [1.807, 2.05) is 48.4 Å². The summed E-state index contributed by atoms with van der Waals surface area (Å²) in [4.78, 5) is 13.7. The summed E-state index contributed by atoms with van der Waals surface area (Å²) in [6.45, 7) is 3.36. The number of aromatic nitrogens is 6. The quantitative estimate of drug-likeness (QED) is 0.370. The van der Waals surface area contributed by atoms with E-state index in [2.05, 4.69) is 60.4 Å². The van der Waals surface area contributed by atoms with Crippen molar-refractivity contribution in [3.05, 3.63) is 90.8 Å². The molecule has 1 atom stereocenters. The number of piperazine rings is 1. The van der Waals surface area contributed by atoms with Gasteiger partial charge in [0.15, 0.2) is 0 Å². The molecule has 0 radical (unpaired) electrons. The molecular formula is C28H30N8O. The average Bonchev–Trinajstić information content (AvgIpc) is 3.58. The zero-order chi connectivity index (χ0) is 25.2. The van der Waals surface area contributed by atoms with Gasteiger partial charge in [0, 0.05) is 74.7 Å². The van der Waals surface area contributed by atoms with Crippen LogP contribution in [0.5, 0.6) is 0 Å². The predicted molar refractivity (Wildman–Crippen MR) is 144 cm³/mol. The first-order chi connectivity index (χ1) is 18.1. The van der Waals surface area contributed by atoms with Crippen molar-refractivity contribution in [2.45, 2.75) is 18.9 Å². The van der Waals surface area contributed by atoms with Crippen molar-refractivity contribution in [1.82, 2.24) is 29.4 Å². The molecule has 5 aromatic rings. The highest BCUT2D eigenvalue weighted by Crippen LogP contribution is 2.27. The highest BCUT2D eigenvalue weighted by molar-refractivity contribution is 5.75. The van der Waals surface area contributed by atoms with Gasteiger partial charge in [-0.3, -0.25) is 4.68 Å². The summed E-state index contributed by atoms with van der Waals surface area (Å²) in [6.07, 6.45) is 12.3. The van der Waals surface area contributed by atoms with Crippen LogP contribution in [-0.4, -0.2) is 60.6 Å². The summed E-state index contributed by atoms with van der Waals surface area (Å²) in [7, 11) is 1.92. The maximum absolute atomic E-state index is 10.6. The van der Waals surface area contributed by atoms with Gasteiger partial charge < -0.3 is 14.9 Å². The van der Waals surface area contributed by atoms with Crippen molar-refractivity contribution in [3.63, 3.8) is 0 Å². The number of hydrogen-bond donors (Lipinski definition) is 1. The fourth-order valence-corrected chi connectivity index (χ4v) is 4.88. The third-order valence-corrected chi connectivity index (χ3v) is 7.03. The first-order valence-electron chi connectivity index (χ1n) is 12.6. The van der Waals surface area contributed by atoms with Crippen LogP contribution in [0, 0.1) is 0 Å². The molecule has 188 valence electrons.